The normalized spacial score (nSPS) is 14.2. The monoisotopic (exact) mass is 244 g/mol. The molecule has 0 bridgehead atoms. The molecule has 0 aromatic heterocycles. The van der Waals surface area contributed by atoms with E-state index in [4.69, 9.17) is 5.11 Å². The Morgan fingerprint density at radius 3 is 2.35 bits per heavy atom. The number of carbonyl (C=O) groups excluding carboxylic acids is 1. The zero-order valence-corrected chi connectivity index (χ0v) is 11.2. The number of carbonyl (C=O) groups is 2. The molecule has 0 fully saturated rings. The third kappa shape index (κ3) is 6.14. The van der Waals surface area contributed by atoms with Crippen LogP contribution in [-0.4, -0.2) is 29.2 Å². The highest BCUT2D eigenvalue weighted by Gasteiger charge is 2.32. The minimum Gasteiger partial charge on any atom is -0.480 e. The summed E-state index contributed by atoms with van der Waals surface area (Å²) in [4.78, 5) is 22.4. The van der Waals surface area contributed by atoms with Crippen LogP contribution in [0, 0.1) is 5.92 Å². The van der Waals surface area contributed by atoms with Crippen molar-refractivity contribution < 1.29 is 14.7 Å². The Hall–Kier alpha value is -1.26. The molecule has 0 saturated heterocycles. The van der Waals surface area contributed by atoms with E-state index < -0.39 is 17.5 Å². The molecule has 5 nitrogen and oxygen atoms in total. The number of carboxylic acids is 1. The summed E-state index contributed by atoms with van der Waals surface area (Å²) < 4.78 is 0. The van der Waals surface area contributed by atoms with Crippen molar-refractivity contribution in [3.8, 4) is 0 Å². The van der Waals surface area contributed by atoms with E-state index in [1.807, 2.05) is 0 Å². The van der Waals surface area contributed by atoms with Gasteiger partial charge in [0.1, 0.15) is 5.54 Å². The third-order valence-corrected chi connectivity index (χ3v) is 2.81. The lowest BCUT2D eigenvalue weighted by Gasteiger charge is -2.24. The molecule has 0 aromatic carbocycles. The maximum absolute atomic E-state index is 11.5. The van der Waals surface area contributed by atoms with Gasteiger partial charge >= 0.3 is 12.0 Å². The van der Waals surface area contributed by atoms with Gasteiger partial charge in [-0.3, -0.25) is 0 Å². The van der Waals surface area contributed by atoms with Gasteiger partial charge in [-0.1, -0.05) is 20.8 Å². The molecule has 1 unspecified atom stereocenters. The van der Waals surface area contributed by atoms with Gasteiger partial charge in [0.15, 0.2) is 0 Å². The molecule has 0 aliphatic rings. The van der Waals surface area contributed by atoms with Crippen LogP contribution in [0.2, 0.25) is 0 Å². The first-order chi connectivity index (χ1) is 7.81. The fraction of sp³-hybridized carbons (Fsp3) is 0.833. The standard InChI is InChI=1S/C12H24N2O3/c1-5-12(4,10(15)16)14-11(17)13-8-6-7-9(2)3/h9H,5-8H2,1-4H3,(H,15,16)(H2,13,14,17). The van der Waals surface area contributed by atoms with Crippen molar-refractivity contribution >= 4 is 12.0 Å². The van der Waals surface area contributed by atoms with Crippen LogP contribution in [0.5, 0.6) is 0 Å². The molecule has 100 valence electrons. The Morgan fingerprint density at radius 1 is 1.35 bits per heavy atom. The van der Waals surface area contributed by atoms with Gasteiger partial charge in [-0.05, 0) is 32.1 Å². The zero-order chi connectivity index (χ0) is 13.5. The molecule has 0 rings (SSSR count). The SMILES string of the molecule is CCC(C)(NC(=O)NCCCC(C)C)C(=O)O. The molecule has 0 spiro atoms. The van der Waals surface area contributed by atoms with Gasteiger partial charge in [0.2, 0.25) is 0 Å². The summed E-state index contributed by atoms with van der Waals surface area (Å²) in [6, 6.07) is -0.416. The fourth-order valence-electron chi connectivity index (χ4n) is 1.30. The molecule has 0 aliphatic heterocycles. The summed E-state index contributed by atoms with van der Waals surface area (Å²) in [7, 11) is 0. The van der Waals surface area contributed by atoms with Crippen molar-refractivity contribution in [1.82, 2.24) is 10.6 Å². The number of urea groups is 1. The van der Waals surface area contributed by atoms with Crippen molar-refractivity contribution in [1.29, 1.82) is 0 Å². The number of hydrogen-bond donors (Lipinski definition) is 3. The highest BCUT2D eigenvalue weighted by molar-refractivity contribution is 5.85. The molecular formula is C12H24N2O3. The molecule has 0 aliphatic carbocycles. The van der Waals surface area contributed by atoms with E-state index in [9.17, 15) is 9.59 Å². The summed E-state index contributed by atoms with van der Waals surface area (Å²) in [5.74, 6) is -0.405. The maximum atomic E-state index is 11.5. The Labute approximate surface area is 103 Å². The van der Waals surface area contributed by atoms with E-state index >= 15 is 0 Å². The highest BCUT2D eigenvalue weighted by Crippen LogP contribution is 2.08. The molecule has 1 atom stereocenters. The van der Waals surface area contributed by atoms with Crippen molar-refractivity contribution in [3.05, 3.63) is 0 Å². The highest BCUT2D eigenvalue weighted by atomic mass is 16.4. The number of aliphatic carboxylic acids is 1. The number of amides is 2. The summed E-state index contributed by atoms with van der Waals surface area (Å²) in [5.41, 5.74) is -1.19. The summed E-state index contributed by atoms with van der Waals surface area (Å²) in [5, 5.41) is 14.1. The second-order valence-corrected chi connectivity index (χ2v) is 4.91. The van der Waals surface area contributed by atoms with Gasteiger partial charge in [-0.15, -0.1) is 0 Å². The average molecular weight is 244 g/mol. The molecular weight excluding hydrogens is 220 g/mol. The average Bonchev–Trinajstić information content (AvgIpc) is 2.23. The van der Waals surface area contributed by atoms with Gasteiger partial charge < -0.3 is 15.7 Å². The first-order valence-corrected chi connectivity index (χ1v) is 6.11. The van der Waals surface area contributed by atoms with Crippen LogP contribution in [0.15, 0.2) is 0 Å². The van der Waals surface area contributed by atoms with Gasteiger partial charge in [-0.25, -0.2) is 9.59 Å². The Bertz CT molecular complexity index is 266. The van der Waals surface area contributed by atoms with E-state index in [-0.39, 0.29) is 0 Å². The minimum absolute atomic E-state index is 0.349. The van der Waals surface area contributed by atoms with Gasteiger partial charge in [0.25, 0.3) is 0 Å². The Kier molecular flexibility index (Phi) is 6.61. The lowest BCUT2D eigenvalue weighted by molar-refractivity contribution is -0.143. The number of hydrogen-bond acceptors (Lipinski definition) is 2. The Morgan fingerprint density at radius 2 is 1.94 bits per heavy atom. The fourth-order valence-corrected chi connectivity index (χ4v) is 1.30. The second-order valence-electron chi connectivity index (χ2n) is 4.91. The van der Waals surface area contributed by atoms with Crippen LogP contribution in [0.25, 0.3) is 0 Å². The summed E-state index contributed by atoms with van der Waals surface area (Å²) in [6.45, 7) is 8.05. The molecule has 2 amide bonds. The van der Waals surface area contributed by atoms with E-state index in [1.165, 1.54) is 6.92 Å². The molecule has 0 radical (unpaired) electrons. The van der Waals surface area contributed by atoms with Crippen LogP contribution in [-0.2, 0) is 4.79 Å². The van der Waals surface area contributed by atoms with Crippen LogP contribution < -0.4 is 10.6 Å². The van der Waals surface area contributed by atoms with E-state index in [2.05, 4.69) is 24.5 Å². The first kappa shape index (κ1) is 15.7. The van der Waals surface area contributed by atoms with E-state index in [0.29, 0.717) is 18.9 Å². The second kappa shape index (κ2) is 7.14. The maximum Gasteiger partial charge on any atom is 0.329 e. The first-order valence-electron chi connectivity index (χ1n) is 6.11. The van der Waals surface area contributed by atoms with Crippen molar-refractivity contribution in [2.75, 3.05) is 6.54 Å². The third-order valence-electron chi connectivity index (χ3n) is 2.81. The van der Waals surface area contributed by atoms with Crippen LogP contribution in [0.3, 0.4) is 0 Å². The van der Waals surface area contributed by atoms with Crippen LogP contribution in [0.4, 0.5) is 4.79 Å². The lowest BCUT2D eigenvalue weighted by Crippen LogP contribution is -2.54. The smallest absolute Gasteiger partial charge is 0.329 e. The van der Waals surface area contributed by atoms with Crippen molar-refractivity contribution in [2.45, 2.75) is 52.5 Å². The lowest BCUT2D eigenvalue weighted by atomic mass is 10.00. The Balaban J connectivity index is 3.96. The summed E-state index contributed by atoms with van der Waals surface area (Å²) >= 11 is 0. The van der Waals surface area contributed by atoms with Gasteiger partial charge in [-0.2, -0.15) is 0 Å². The van der Waals surface area contributed by atoms with Crippen molar-refractivity contribution in [3.63, 3.8) is 0 Å². The zero-order valence-electron chi connectivity index (χ0n) is 11.2. The molecule has 5 heteroatoms. The van der Waals surface area contributed by atoms with Gasteiger partial charge in [0, 0.05) is 6.54 Å². The predicted octanol–water partition coefficient (Wildman–Crippen LogP) is 1.98. The molecule has 0 heterocycles. The predicted molar refractivity (Wildman–Crippen MR) is 66.9 cm³/mol. The quantitative estimate of drug-likeness (QED) is 0.599. The molecule has 0 aromatic rings. The summed E-state index contributed by atoms with van der Waals surface area (Å²) in [6.07, 6.45) is 2.30. The van der Waals surface area contributed by atoms with Crippen molar-refractivity contribution in [2.24, 2.45) is 5.92 Å². The minimum atomic E-state index is -1.19. The van der Waals surface area contributed by atoms with E-state index in [0.717, 1.165) is 12.8 Å². The topological polar surface area (TPSA) is 78.4 Å². The van der Waals surface area contributed by atoms with Crippen LogP contribution >= 0.6 is 0 Å². The molecule has 0 saturated carbocycles. The molecule has 17 heavy (non-hydrogen) atoms. The van der Waals surface area contributed by atoms with E-state index in [1.54, 1.807) is 6.92 Å². The number of rotatable bonds is 7. The van der Waals surface area contributed by atoms with Crippen LogP contribution in [0.1, 0.15) is 47.0 Å². The number of carboxylic acid groups (broad SMARTS) is 1. The van der Waals surface area contributed by atoms with Gasteiger partial charge in [0.05, 0.1) is 0 Å². The number of nitrogens with one attached hydrogen (secondary N) is 2. The largest absolute Gasteiger partial charge is 0.480 e. The molecule has 3 N–H and O–H groups in total.